The van der Waals surface area contributed by atoms with Gasteiger partial charge >= 0.3 is 11.9 Å². The van der Waals surface area contributed by atoms with Crippen molar-refractivity contribution < 1.29 is 29.4 Å². The fourth-order valence-corrected chi connectivity index (χ4v) is 5.25. The zero-order valence-electron chi connectivity index (χ0n) is 27.2. The van der Waals surface area contributed by atoms with Gasteiger partial charge in [-0.05, 0) is 49.1 Å². The Morgan fingerprint density at radius 1 is 0.980 bits per heavy atom. The van der Waals surface area contributed by atoms with E-state index in [2.05, 4.69) is 56.5 Å². The molecule has 0 aliphatic heterocycles. The number of carboxylic acid groups (broad SMARTS) is 2. The van der Waals surface area contributed by atoms with Gasteiger partial charge in [-0.2, -0.15) is 4.98 Å². The fourth-order valence-electron chi connectivity index (χ4n) is 4.40. The lowest BCUT2D eigenvalue weighted by Gasteiger charge is -2.20. The van der Waals surface area contributed by atoms with Crippen molar-refractivity contribution >= 4 is 57.6 Å². The summed E-state index contributed by atoms with van der Waals surface area (Å²) in [5.41, 5.74) is 7.68. The number of fused-ring (bicyclic) bond motifs is 1. The number of nitrogens with one attached hydrogen (secondary N) is 3. The van der Waals surface area contributed by atoms with E-state index in [4.69, 9.17) is 15.9 Å². The molecule has 2 aromatic carbocycles. The molecule has 4 aromatic rings. The first-order valence-electron chi connectivity index (χ1n) is 15.6. The van der Waals surface area contributed by atoms with E-state index in [-0.39, 0.29) is 47.3 Å². The number of nitrogens with two attached hydrogens (primary N) is 1. The van der Waals surface area contributed by atoms with E-state index in [0.29, 0.717) is 11.4 Å². The maximum atomic E-state index is 12.3. The van der Waals surface area contributed by atoms with E-state index in [9.17, 15) is 24.0 Å². The van der Waals surface area contributed by atoms with Gasteiger partial charge in [0.05, 0.1) is 18.4 Å². The van der Waals surface area contributed by atoms with Crippen LogP contribution in [0.25, 0.3) is 11.2 Å². The third-order valence-electron chi connectivity index (χ3n) is 6.81. The molecule has 0 saturated heterocycles. The molecule has 0 aliphatic carbocycles. The SMILES string of the molecule is CCCN(CCC)C(=O)SCc1ccccc1.Nc1nc2ncc(CNc3ccc(C(=O)N[C@@H](CCC(=O)O)C(=O)O)cc3)nc2c(=O)[nH]1. The molecule has 4 rings (SSSR count). The lowest BCUT2D eigenvalue weighted by molar-refractivity contribution is -0.140. The monoisotopic (exact) mass is 692 g/mol. The number of carbonyl (C=O) groups excluding carboxylic acids is 2. The molecular formula is C33H40N8O7S. The van der Waals surface area contributed by atoms with Gasteiger partial charge in [-0.1, -0.05) is 55.9 Å². The van der Waals surface area contributed by atoms with E-state index in [0.717, 1.165) is 31.7 Å². The number of aromatic amines is 1. The van der Waals surface area contributed by atoms with Gasteiger partial charge in [0.2, 0.25) is 5.95 Å². The fraction of sp³-hybridized carbons (Fsp3) is 0.333. The highest BCUT2D eigenvalue weighted by atomic mass is 32.2. The van der Waals surface area contributed by atoms with Crippen LogP contribution in [0.3, 0.4) is 0 Å². The Kier molecular flexibility index (Phi) is 15.0. The first kappa shape index (κ1) is 37.9. The van der Waals surface area contributed by atoms with Gasteiger partial charge in [0, 0.05) is 36.5 Å². The second-order valence-electron chi connectivity index (χ2n) is 10.7. The molecule has 0 bridgehead atoms. The average Bonchev–Trinajstić information content (AvgIpc) is 3.08. The van der Waals surface area contributed by atoms with E-state index in [1.54, 1.807) is 12.1 Å². The predicted octanol–water partition coefficient (Wildman–Crippen LogP) is 4.12. The number of aliphatic carboxylic acids is 2. The number of amides is 2. The standard InChI is InChI=1S/C19H19N7O6.C14H21NOS/c20-19-25-15-14(17(30)26-19)23-11(8-22-15)7-21-10-3-1-9(2-4-10)16(29)24-12(18(31)32)5-6-13(27)28;1-3-10-15(11-4-2)14(16)17-12-13-8-6-5-7-9-13/h1-4,8,12,21H,5-7H2,(H,24,29)(H,27,28)(H,31,32)(H3,20,22,25,26,30);5-9H,3-4,10-12H2,1-2H3/t12-;/m0./s1. The second-order valence-corrected chi connectivity index (χ2v) is 11.7. The van der Waals surface area contributed by atoms with E-state index < -0.39 is 29.4 Å². The number of hydrogen-bond acceptors (Lipinski definition) is 11. The van der Waals surface area contributed by atoms with Gasteiger partial charge in [0.25, 0.3) is 16.7 Å². The number of anilines is 2. The molecular weight excluding hydrogens is 652 g/mol. The maximum absolute atomic E-state index is 12.3. The predicted molar refractivity (Wildman–Crippen MR) is 187 cm³/mol. The molecule has 7 N–H and O–H groups in total. The van der Waals surface area contributed by atoms with Crippen molar-refractivity contribution in [2.75, 3.05) is 24.1 Å². The van der Waals surface area contributed by atoms with Crippen molar-refractivity contribution in [3.8, 4) is 0 Å². The molecule has 2 aromatic heterocycles. The number of nitrogen functional groups attached to an aromatic ring is 1. The van der Waals surface area contributed by atoms with E-state index >= 15 is 0 Å². The number of benzene rings is 2. The molecule has 49 heavy (non-hydrogen) atoms. The third kappa shape index (κ3) is 12.6. The first-order chi connectivity index (χ1) is 23.5. The zero-order valence-corrected chi connectivity index (χ0v) is 28.0. The summed E-state index contributed by atoms with van der Waals surface area (Å²) in [4.78, 5) is 74.5. The number of thioether (sulfide) groups is 1. The number of carboxylic acids is 2. The molecule has 2 amide bonds. The lowest BCUT2D eigenvalue weighted by atomic mass is 10.1. The number of carbonyl (C=O) groups is 4. The van der Waals surface area contributed by atoms with Gasteiger partial charge < -0.3 is 31.5 Å². The summed E-state index contributed by atoms with van der Waals surface area (Å²) in [7, 11) is 0. The molecule has 0 spiro atoms. The van der Waals surface area contributed by atoms with Crippen molar-refractivity contribution in [3.63, 3.8) is 0 Å². The summed E-state index contributed by atoms with van der Waals surface area (Å²) in [6, 6.07) is 15.0. The highest BCUT2D eigenvalue weighted by Crippen LogP contribution is 2.17. The molecule has 0 fully saturated rings. The smallest absolute Gasteiger partial charge is 0.326 e. The molecule has 16 heteroatoms. The average molecular weight is 693 g/mol. The molecule has 0 aliphatic rings. The van der Waals surface area contributed by atoms with Crippen LogP contribution in [0, 0.1) is 0 Å². The maximum Gasteiger partial charge on any atom is 0.326 e. The van der Waals surface area contributed by atoms with Gasteiger partial charge in [-0.3, -0.25) is 24.2 Å². The number of nitrogens with zero attached hydrogens (tertiary/aromatic N) is 4. The van der Waals surface area contributed by atoms with Crippen LogP contribution in [0.5, 0.6) is 0 Å². The summed E-state index contributed by atoms with van der Waals surface area (Å²) in [5, 5.41) is 23.4. The Morgan fingerprint density at radius 2 is 1.65 bits per heavy atom. The third-order valence-corrected chi connectivity index (χ3v) is 7.79. The first-order valence-corrected chi connectivity index (χ1v) is 16.6. The second kappa shape index (κ2) is 19.3. The highest BCUT2D eigenvalue weighted by Gasteiger charge is 2.21. The molecule has 2 heterocycles. The molecule has 0 unspecified atom stereocenters. The summed E-state index contributed by atoms with van der Waals surface area (Å²) < 4.78 is 0. The Hall–Kier alpha value is -5.51. The summed E-state index contributed by atoms with van der Waals surface area (Å²) in [6.45, 7) is 6.19. The highest BCUT2D eigenvalue weighted by molar-refractivity contribution is 8.12. The van der Waals surface area contributed by atoms with Gasteiger partial charge in [0.15, 0.2) is 11.2 Å². The minimum atomic E-state index is -1.31. The summed E-state index contributed by atoms with van der Waals surface area (Å²) >= 11 is 1.40. The summed E-state index contributed by atoms with van der Waals surface area (Å²) in [5.74, 6) is -2.39. The van der Waals surface area contributed by atoms with Gasteiger partial charge in [0.1, 0.15) is 6.04 Å². The lowest BCUT2D eigenvalue weighted by Crippen LogP contribution is -2.41. The van der Waals surface area contributed by atoms with Crippen LogP contribution in [-0.2, 0) is 21.9 Å². The van der Waals surface area contributed by atoms with Crippen molar-refractivity contribution in [3.05, 3.63) is 88.0 Å². The van der Waals surface area contributed by atoms with Crippen LogP contribution >= 0.6 is 11.8 Å². The largest absolute Gasteiger partial charge is 0.481 e. The van der Waals surface area contributed by atoms with Crippen molar-refractivity contribution in [1.29, 1.82) is 0 Å². The molecule has 0 radical (unpaired) electrons. The number of rotatable bonds is 15. The van der Waals surface area contributed by atoms with Crippen molar-refractivity contribution in [2.45, 2.75) is 57.9 Å². The zero-order chi connectivity index (χ0) is 35.8. The Balaban J connectivity index is 0.000000323. The van der Waals surface area contributed by atoms with Crippen LogP contribution in [0.4, 0.5) is 16.4 Å². The minimum Gasteiger partial charge on any atom is -0.481 e. The van der Waals surface area contributed by atoms with Crippen LogP contribution in [0.15, 0.2) is 65.6 Å². The molecule has 15 nitrogen and oxygen atoms in total. The quantitative estimate of drug-likeness (QED) is 0.103. The van der Waals surface area contributed by atoms with Crippen molar-refractivity contribution in [1.82, 2.24) is 30.2 Å². The minimum absolute atomic E-state index is 0.0524. The number of H-pyrrole nitrogens is 1. The van der Waals surface area contributed by atoms with Crippen LogP contribution in [0.2, 0.25) is 0 Å². The Morgan fingerprint density at radius 3 is 2.27 bits per heavy atom. The van der Waals surface area contributed by atoms with Gasteiger partial charge in [-0.25, -0.2) is 14.8 Å². The Bertz CT molecular complexity index is 1760. The Labute approximate surface area is 286 Å². The number of aromatic nitrogens is 4. The summed E-state index contributed by atoms with van der Waals surface area (Å²) in [6.07, 6.45) is 2.89. The van der Waals surface area contributed by atoms with E-state index in [1.165, 1.54) is 35.7 Å². The topological polar surface area (TPSA) is 234 Å². The molecule has 0 saturated carbocycles. The van der Waals surface area contributed by atoms with Crippen LogP contribution < -0.4 is 21.9 Å². The van der Waals surface area contributed by atoms with Crippen LogP contribution in [0.1, 0.15) is 61.1 Å². The number of hydrogen-bond donors (Lipinski definition) is 6. The molecule has 1 atom stereocenters. The molecule has 260 valence electrons. The van der Waals surface area contributed by atoms with Crippen LogP contribution in [-0.4, -0.2) is 77.3 Å². The van der Waals surface area contributed by atoms with E-state index in [1.807, 2.05) is 23.1 Å². The van der Waals surface area contributed by atoms with Gasteiger partial charge in [-0.15, -0.1) is 0 Å². The normalized spacial score (nSPS) is 11.1. The van der Waals surface area contributed by atoms with Crippen molar-refractivity contribution in [2.24, 2.45) is 0 Å².